The van der Waals surface area contributed by atoms with Gasteiger partial charge in [-0.15, -0.1) is 11.8 Å². The third kappa shape index (κ3) is 5.42. The van der Waals surface area contributed by atoms with E-state index in [2.05, 4.69) is 10.6 Å². The molecule has 2 aromatic carbocycles. The normalized spacial score (nSPS) is 14.2. The fourth-order valence-electron chi connectivity index (χ4n) is 2.71. The van der Waals surface area contributed by atoms with E-state index >= 15 is 0 Å². The molecule has 2 N–H and O–H groups in total. The summed E-state index contributed by atoms with van der Waals surface area (Å²) in [6, 6.07) is 12.7. The molecular formula is C21H23ClN2O3S. The van der Waals surface area contributed by atoms with Gasteiger partial charge in [0.2, 0.25) is 11.8 Å². The molecular weight excluding hydrogens is 396 g/mol. The minimum atomic E-state index is -0.293. The fraction of sp³-hybridized carbons (Fsp3) is 0.333. The molecule has 1 unspecified atom stereocenters. The van der Waals surface area contributed by atoms with E-state index in [0.717, 1.165) is 23.4 Å². The van der Waals surface area contributed by atoms with E-state index in [0.29, 0.717) is 22.9 Å². The Labute approximate surface area is 174 Å². The van der Waals surface area contributed by atoms with Crippen molar-refractivity contribution in [2.24, 2.45) is 5.92 Å². The molecule has 2 amide bonds. The maximum atomic E-state index is 12.8. The molecule has 1 aliphatic rings. The van der Waals surface area contributed by atoms with Gasteiger partial charge in [-0.25, -0.2) is 0 Å². The largest absolute Gasteiger partial charge is 0.495 e. The smallest absolute Gasteiger partial charge is 0.237 e. The van der Waals surface area contributed by atoms with Crippen LogP contribution in [0.2, 0.25) is 5.02 Å². The molecule has 0 spiro atoms. The highest BCUT2D eigenvalue weighted by atomic mass is 35.5. The summed E-state index contributed by atoms with van der Waals surface area (Å²) < 4.78 is 5.29. The van der Waals surface area contributed by atoms with E-state index in [1.807, 2.05) is 31.2 Å². The minimum Gasteiger partial charge on any atom is -0.495 e. The Morgan fingerprint density at radius 2 is 2.00 bits per heavy atom. The number of carbonyl (C=O) groups is 2. The number of carbonyl (C=O) groups excluding carboxylic acids is 2. The van der Waals surface area contributed by atoms with Crippen LogP contribution in [-0.2, 0) is 9.59 Å². The van der Waals surface area contributed by atoms with Crippen molar-refractivity contribution >= 4 is 46.6 Å². The molecule has 1 aliphatic carbocycles. The summed E-state index contributed by atoms with van der Waals surface area (Å²) in [6.07, 6.45) is 2.58. The van der Waals surface area contributed by atoms with Crippen molar-refractivity contribution in [1.29, 1.82) is 0 Å². The first-order chi connectivity index (χ1) is 13.5. The summed E-state index contributed by atoms with van der Waals surface area (Å²) in [5, 5.41) is 6.08. The van der Waals surface area contributed by atoms with Gasteiger partial charge >= 0.3 is 0 Å². The average Bonchev–Trinajstić information content (AvgIpc) is 3.52. The number of amides is 2. The summed E-state index contributed by atoms with van der Waals surface area (Å²) in [6.45, 7) is 1.96. The van der Waals surface area contributed by atoms with E-state index in [1.165, 1.54) is 11.8 Å². The number of hydrogen-bond acceptors (Lipinski definition) is 4. The third-order valence-electron chi connectivity index (χ3n) is 4.41. The van der Waals surface area contributed by atoms with Gasteiger partial charge in [0, 0.05) is 21.5 Å². The Bertz CT molecular complexity index is 870. The van der Waals surface area contributed by atoms with Crippen LogP contribution in [0.4, 0.5) is 11.4 Å². The molecule has 1 fully saturated rings. The number of hydrogen-bond donors (Lipinski definition) is 2. The van der Waals surface area contributed by atoms with Crippen molar-refractivity contribution in [2.45, 2.75) is 36.3 Å². The molecule has 148 valence electrons. The summed E-state index contributed by atoms with van der Waals surface area (Å²) in [5.74, 6) is 0.654. The number of anilines is 2. The monoisotopic (exact) mass is 418 g/mol. The minimum absolute atomic E-state index is 0.0694. The van der Waals surface area contributed by atoms with Crippen LogP contribution in [0, 0.1) is 5.92 Å². The molecule has 0 heterocycles. The standard InChI is InChI=1S/C21H23ClN2O3S/c1-3-19(21(26)24-17-11-14(22)9-10-18(17)27-2)28-16-6-4-5-15(12-16)23-20(25)13-7-8-13/h4-6,9-13,19H,3,7-8H2,1-2H3,(H,23,25)(H,24,26). The lowest BCUT2D eigenvalue weighted by molar-refractivity contribution is -0.117. The van der Waals surface area contributed by atoms with Crippen LogP contribution < -0.4 is 15.4 Å². The summed E-state index contributed by atoms with van der Waals surface area (Å²) in [5.41, 5.74) is 1.30. The zero-order chi connectivity index (χ0) is 20.1. The Kier molecular flexibility index (Phi) is 6.86. The van der Waals surface area contributed by atoms with Crippen molar-refractivity contribution in [2.75, 3.05) is 17.7 Å². The number of nitrogens with one attached hydrogen (secondary N) is 2. The first-order valence-corrected chi connectivity index (χ1v) is 10.5. The Balaban J connectivity index is 1.67. The topological polar surface area (TPSA) is 67.4 Å². The molecule has 28 heavy (non-hydrogen) atoms. The van der Waals surface area contributed by atoms with E-state index in [4.69, 9.17) is 16.3 Å². The Morgan fingerprint density at radius 1 is 1.21 bits per heavy atom. The molecule has 1 saturated carbocycles. The van der Waals surface area contributed by atoms with Gasteiger partial charge in [-0.2, -0.15) is 0 Å². The van der Waals surface area contributed by atoms with E-state index in [1.54, 1.807) is 25.3 Å². The van der Waals surface area contributed by atoms with Gasteiger partial charge in [-0.1, -0.05) is 24.6 Å². The van der Waals surface area contributed by atoms with Gasteiger partial charge in [0.05, 0.1) is 18.0 Å². The Hall–Kier alpha value is -2.18. The Morgan fingerprint density at radius 3 is 2.68 bits per heavy atom. The zero-order valence-corrected chi connectivity index (χ0v) is 17.4. The number of ether oxygens (including phenoxy) is 1. The third-order valence-corrected chi connectivity index (χ3v) is 6.00. The lowest BCUT2D eigenvalue weighted by atomic mass is 10.2. The highest BCUT2D eigenvalue weighted by Gasteiger charge is 2.29. The van der Waals surface area contributed by atoms with Gasteiger partial charge in [0.15, 0.2) is 0 Å². The van der Waals surface area contributed by atoms with E-state index in [9.17, 15) is 9.59 Å². The molecule has 0 saturated heterocycles. The van der Waals surface area contributed by atoms with Crippen LogP contribution in [0.3, 0.4) is 0 Å². The number of halogens is 1. The quantitative estimate of drug-likeness (QED) is 0.577. The fourth-order valence-corrected chi connectivity index (χ4v) is 3.90. The zero-order valence-electron chi connectivity index (χ0n) is 15.8. The van der Waals surface area contributed by atoms with Gasteiger partial charge in [-0.3, -0.25) is 9.59 Å². The predicted octanol–water partition coefficient (Wildman–Crippen LogP) is 5.21. The second kappa shape index (κ2) is 9.34. The molecule has 7 heteroatoms. The second-order valence-electron chi connectivity index (χ2n) is 6.64. The van der Waals surface area contributed by atoms with Crippen LogP contribution in [0.5, 0.6) is 5.75 Å². The van der Waals surface area contributed by atoms with Crippen LogP contribution in [0.1, 0.15) is 26.2 Å². The van der Waals surface area contributed by atoms with Crippen molar-refractivity contribution in [3.8, 4) is 5.75 Å². The first kappa shape index (κ1) is 20.6. The van der Waals surface area contributed by atoms with Crippen molar-refractivity contribution in [3.05, 3.63) is 47.5 Å². The SMILES string of the molecule is CCC(Sc1cccc(NC(=O)C2CC2)c1)C(=O)Nc1cc(Cl)ccc1OC. The van der Waals surface area contributed by atoms with Gasteiger partial charge in [0.1, 0.15) is 5.75 Å². The summed E-state index contributed by atoms with van der Waals surface area (Å²) in [4.78, 5) is 25.7. The molecule has 0 radical (unpaired) electrons. The van der Waals surface area contributed by atoms with Crippen LogP contribution in [0.15, 0.2) is 47.4 Å². The molecule has 2 aromatic rings. The van der Waals surface area contributed by atoms with Gasteiger partial charge in [-0.05, 0) is 55.7 Å². The van der Waals surface area contributed by atoms with Gasteiger partial charge < -0.3 is 15.4 Å². The summed E-state index contributed by atoms with van der Waals surface area (Å²) >= 11 is 7.50. The van der Waals surface area contributed by atoms with E-state index in [-0.39, 0.29) is 23.0 Å². The number of thioether (sulfide) groups is 1. The van der Waals surface area contributed by atoms with Crippen LogP contribution in [-0.4, -0.2) is 24.2 Å². The molecule has 3 rings (SSSR count). The molecule has 5 nitrogen and oxygen atoms in total. The predicted molar refractivity (Wildman–Crippen MR) is 114 cm³/mol. The van der Waals surface area contributed by atoms with Crippen molar-refractivity contribution in [1.82, 2.24) is 0 Å². The molecule has 1 atom stereocenters. The highest BCUT2D eigenvalue weighted by molar-refractivity contribution is 8.00. The maximum absolute atomic E-state index is 12.8. The van der Waals surface area contributed by atoms with Crippen LogP contribution >= 0.6 is 23.4 Å². The number of methoxy groups -OCH3 is 1. The van der Waals surface area contributed by atoms with Crippen LogP contribution in [0.25, 0.3) is 0 Å². The van der Waals surface area contributed by atoms with Gasteiger partial charge in [0.25, 0.3) is 0 Å². The first-order valence-electron chi connectivity index (χ1n) is 9.22. The maximum Gasteiger partial charge on any atom is 0.237 e. The highest BCUT2D eigenvalue weighted by Crippen LogP contribution is 2.33. The van der Waals surface area contributed by atoms with E-state index < -0.39 is 0 Å². The van der Waals surface area contributed by atoms with Crippen molar-refractivity contribution in [3.63, 3.8) is 0 Å². The molecule has 0 aliphatic heterocycles. The number of rotatable bonds is 8. The lowest BCUT2D eigenvalue weighted by Crippen LogP contribution is -2.24. The summed E-state index contributed by atoms with van der Waals surface area (Å²) in [7, 11) is 1.55. The lowest BCUT2D eigenvalue weighted by Gasteiger charge is -2.17. The molecule has 0 bridgehead atoms. The second-order valence-corrected chi connectivity index (χ2v) is 8.35. The molecule has 0 aromatic heterocycles. The number of benzene rings is 2. The van der Waals surface area contributed by atoms with Crippen molar-refractivity contribution < 1.29 is 14.3 Å². The average molecular weight is 419 g/mol.